The lowest BCUT2D eigenvalue weighted by molar-refractivity contribution is 0.0585. The maximum absolute atomic E-state index is 10.8. The molecule has 0 spiro atoms. The van der Waals surface area contributed by atoms with E-state index >= 15 is 0 Å². The van der Waals surface area contributed by atoms with Crippen LogP contribution in [0.25, 0.3) is 0 Å². The van der Waals surface area contributed by atoms with Crippen molar-refractivity contribution in [2.24, 2.45) is 0 Å². The predicted octanol–water partition coefficient (Wildman–Crippen LogP) is 0.989. The van der Waals surface area contributed by atoms with Crippen LogP contribution in [0.5, 0.6) is 0 Å². The highest BCUT2D eigenvalue weighted by atomic mass is 16.4. The van der Waals surface area contributed by atoms with Crippen molar-refractivity contribution in [2.75, 3.05) is 13.1 Å². The number of pyridine rings is 1. The van der Waals surface area contributed by atoms with E-state index in [9.17, 15) is 4.79 Å². The van der Waals surface area contributed by atoms with Crippen LogP contribution in [-0.4, -0.2) is 49.0 Å². The van der Waals surface area contributed by atoms with Gasteiger partial charge in [0.1, 0.15) is 0 Å². The first-order chi connectivity index (χ1) is 9.65. The number of hydrogen-bond acceptors (Lipinski definition) is 5. The number of nitrogens with zero attached hydrogens (tertiary/aromatic N) is 5. The zero-order valence-corrected chi connectivity index (χ0v) is 11.0. The van der Waals surface area contributed by atoms with Gasteiger partial charge in [-0.05, 0) is 24.6 Å². The molecule has 7 nitrogen and oxygen atoms in total. The SMILES string of the molecule is CC(c1ccncc1)N1CC(n2cc(C(=O)O)nn2)C1. The van der Waals surface area contributed by atoms with E-state index in [4.69, 9.17) is 5.11 Å². The molecule has 20 heavy (non-hydrogen) atoms. The van der Waals surface area contributed by atoms with Crippen LogP contribution in [0.3, 0.4) is 0 Å². The number of carboxylic acid groups (broad SMARTS) is 1. The first kappa shape index (κ1) is 12.7. The number of likely N-dealkylation sites (tertiary alicyclic amines) is 1. The third-order valence-electron chi connectivity index (χ3n) is 3.73. The lowest BCUT2D eigenvalue weighted by Gasteiger charge is -2.42. The highest BCUT2D eigenvalue weighted by Gasteiger charge is 2.33. The molecule has 1 saturated heterocycles. The summed E-state index contributed by atoms with van der Waals surface area (Å²) in [4.78, 5) is 17.1. The van der Waals surface area contributed by atoms with E-state index in [0.29, 0.717) is 6.04 Å². The van der Waals surface area contributed by atoms with Gasteiger partial charge in [0.25, 0.3) is 0 Å². The number of rotatable bonds is 4. The zero-order valence-electron chi connectivity index (χ0n) is 11.0. The van der Waals surface area contributed by atoms with Gasteiger partial charge in [-0.2, -0.15) is 0 Å². The fraction of sp³-hybridized carbons (Fsp3) is 0.385. The fourth-order valence-corrected chi connectivity index (χ4v) is 2.38. The fourth-order valence-electron chi connectivity index (χ4n) is 2.38. The Hall–Kier alpha value is -2.28. The molecule has 7 heteroatoms. The number of hydrogen-bond donors (Lipinski definition) is 1. The lowest BCUT2D eigenvalue weighted by atomic mass is 10.0. The molecule has 2 aromatic rings. The standard InChI is InChI=1S/C13H15N5O2/c1-9(10-2-4-14-5-3-10)17-6-11(7-17)18-8-12(13(19)20)15-16-18/h2-5,8-9,11H,6-7H2,1H3,(H,19,20). The van der Waals surface area contributed by atoms with Gasteiger partial charge < -0.3 is 5.11 Å². The summed E-state index contributed by atoms with van der Waals surface area (Å²) in [7, 11) is 0. The van der Waals surface area contributed by atoms with Gasteiger partial charge in [-0.1, -0.05) is 5.21 Å². The van der Waals surface area contributed by atoms with Crippen molar-refractivity contribution in [3.05, 3.63) is 42.0 Å². The van der Waals surface area contributed by atoms with Crippen LogP contribution in [0.4, 0.5) is 0 Å². The Balaban J connectivity index is 1.62. The van der Waals surface area contributed by atoms with Gasteiger partial charge in [0, 0.05) is 31.5 Å². The molecule has 104 valence electrons. The first-order valence-corrected chi connectivity index (χ1v) is 6.44. The van der Waals surface area contributed by atoms with Gasteiger partial charge >= 0.3 is 5.97 Å². The maximum Gasteiger partial charge on any atom is 0.358 e. The summed E-state index contributed by atoms with van der Waals surface area (Å²) >= 11 is 0. The Kier molecular flexibility index (Phi) is 3.19. The van der Waals surface area contributed by atoms with Gasteiger partial charge in [-0.15, -0.1) is 5.10 Å². The minimum absolute atomic E-state index is 0.00867. The van der Waals surface area contributed by atoms with Crippen LogP contribution >= 0.6 is 0 Å². The molecule has 1 aliphatic heterocycles. The van der Waals surface area contributed by atoms with Crippen molar-refractivity contribution in [1.82, 2.24) is 24.9 Å². The van der Waals surface area contributed by atoms with Crippen LogP contribution in [0.2, 0.25) is 0 Å². The predicted molar refractivity (Wildman–Crippen MR) is 70.2 cm³/mol. The smallest absolute Gasteiger partial charge is 0.358 e. The molecular formula is C13H15N5O2. The molecule has 0 aromatic carbocycles. The Morgan fingerprint density at radius 3 is 2.70 bits per heavy atom. The monoisotopic (exact) mass is 273 g/mol. The summed E-state index contributed by atoms with van der Waals surface area (Å²) in [5.74, 6) is -1.04. The van der Waals surface area contributed by atoms with Gasteiger partial charge in [-0.3, -0.25) is 9.88 Å². The van der Waals surface area contributed by atoms with E-state index in [-0.39, 0.29) is 11.7 Å². The molecule has 0 aliphatic carbocycles. The molecular weight excluding hydrogens is 258 g/mol. The van der Waals surface area contributed by atoms with E-state index in [2.05, 4.69) is 27.1 Å². The van der Waals surface area contributed by atoms with Crippen molar-refractivity contribution in [1.29, 1.82) is 0 Å². The molecule has 0 radical (unpaired) electrons. The molecule has 1 atom stereocenters. The van der Waals surface area contributed by atoms with Crippen LogP contribution in [-0.2, 0) is 0 Å². The average Bonchev–Trinajstić information content (AvgIpc) is 2.87. The highest BCUT2D eigenvalue weighted by Crippen LogP contribution is 2.30. The van der Waals surface area contributed by atoms with Crippen molar-refractivity contribution in [3.8, 4) is 0 Å². The number of aromatic carboxylic acids is 1. The van der Waals surface area contributed by atoms with Crippen LogP contribution in [0.15, 0.2) is 30.7 Å². The first-order valence-electron chi connectivity index (χ1n) is 6.44. The number of carbonyl (C=O) groups is 1. The summed E-state index contributed by atoms with van der Waals surface area (Å²) in [6.45, 7) is 3.83. The topological polar surface area (TPSA) is 84.1 Å². The molecule has 3 rings (SSSR count). The number of carboxylic acids is 1. The molecule has 1 aliphatic rings. The summed E-state index contributed by atoms with van der Waals surface area (Å²) in [5.41, 5.74) is 1.22. The molecule has 3 heterocycles. The third-order valence-corrected chi connectivity index (χ3v) is 3.73. The summed E-state index contributed by atoms with van der Waals surface area (Å²) in [6, 6.07) is 4.53. The number of aromatic nitrogens is 4. The van der Waals surface area contributed by atoms with E-state index in [1.807, 2.05) is 12.1 Å². The Morgan fingerprint density at radius 1 is 1.40 bits per heavy atom. The summed E-state index contributed by atoms with van der Waals surface area (Å²) in [6.07, 6.45) is 5.07. The van der Waals surface area contributed by atoms with Gasteiger partial charge in [0.2, 0.25) is 0 Å². The summed E-state index contributed by atoms with van der Waals surface area (Å²) < 4.78 is 1.64. The van der Waals surface area contributed by atoms with E-state index in [1.165, 1.54) is 11.8 Å². The Morgan fingerprint density at radius 2 is 2.10 bits per heavy atom. The van der Waals surface area contributed by atoms with Crippen LogP contribution < -0.4 is 0 Å². The van der Waals surface area contributed by atoms with Gasteiger partial charge in [0.05, 0.1) is 12.2 Å². The van der Waals surface area contributed by atoms with Crippen molar-refractivity contribution >= 4 is 5.97 Å². The molecule has 0 saturated carbocycles. The minimum Gasteiger partial charge on any atom is -0.476 e. The molecule has 1 fully saturated rings. The van der Waals surface area contributed by atoms with Gasteiger partial charge in [0.15, 0.2) is 5.69 Å². The minimum atomic E-state index is -1.04. The van der Waals surface area contributed by atoms with Gasteiger partial charge in [-0.25, -0.2) is 9.48 Å². The quantitative estimate of drug-likeness (QED) is 0.894. The van der Waals surface area contributed by atoms with E-state index < -0.39 is 5.97 Å². The second-order valence-electron chi connectivity index (χ2n) is 4.95. The van der Waals surface area contributed by atoms with E-state index in [0.717, 1.165) is 13.1 Å². The average molecular weight is 273 g/mol. The second kappa shape index (κ2) is 5.01. The molecule has 1 N–H and O–H groups in total. The third kappa shape index (κ3) is 2.27. The largest absolute Gasteiger partial charge is 0.476 e. The Labute approximate surface area is 115 Å². The maximum atomic E-state index is 10.8. The lowest BCUT2D eigenvalue weighted by Crippen LogP contribution is -2.48. The highest BCUT2D eigenvalue weighted by molar-refractivity contribution is 5.84. The summed E-state index contributed by atoms with van der Waals surface area (Å²) in [5, 5.41) is 16.3. The second-order valence-corrected chi connectivity index (χ2v) is 4.95. The normalized spacial score (nSPS) is 17.6. The van der Waals surface area contributed by atoms with Crippen molar-refractivity contribution < 1.29 is 9.90 Å². The van der Waals surface area contributed by atoms with Crippen molar-refractivity contribution in [2.45, 2.75) is 19.0 Å². The van der Waals surface area contributed by atoms with Crippen LogP contribution in [0.1, 0.15) is 35.1 Å². The molecule has 0 bridgehead atoms. The molecule has 1 unspecified atom stereocenters. The zero-order chi connectivity index (χ0) is 14.1. The van der Waals surface area contributed by atoms with Crippen LogP contribution in [0, 0.1) is 0 Å². The Bertz CT molecular complexity index is 606. The van der Waals surface area contributed by atoms with Crippen molar-refractivity contribution in [3.63, 3.8) is 0 Å². The molecule has 0 amide bonds. The van der Waals surface area contributed by atoms with E-state index in [1.54, 1.807) is 17.1 Å². The molecule has 2 aromatic heterocycles.